The van der Waals surface area contributed by atoms with Crippen LogP contribution in [0.25, 0.3) is 10.8 Å². The molecule has 2 aromatic rings. The highest BCUT2D eigenvalue weighted by Gasteiger charge is 2.15. The first-order chi connectivity index (χ1) is 9.81. The van der Waals surface area contributed by atoms with Gasteiger partial charge in [0.1, 0.15) is 0 Å². The van der Waals surface area contributed by atoms with Crippen molar-refractivity contribution in [3.05, 3.63) is 42.5 Å². The van der Waals surface area contributed by atoms with E-state index in [2.05, 4.69) is 46.6 Å². The molecule has 2 N–H and O–H groups in total. The maximum Gasteiger partial charge on any atom is 0.0839 e. The van der Waals surface area contributed by atoms with Gasteiger partial charge in [-0.2, -0.15) is 0 Å². The van der Waals surface area contributed by atoms with Crippen molar-refractivity contribution in [3.63, 3.8) is 0 Å². The molecule has 106 valence electrons. The Bertz CT molecular complexity index is 564. The fraction of sp³-hybridized carbons (Fsp3) is 0.412. The second-order valence-electron chi connectivity index (χ2n) is 5.60. The Morgan fingerprint density at radius 2 is 1.80 bits per heavy atom. The van der Waals surface area contributed by atoms with Crippen LogP contribution in [0.2, 0.25) is 0 Å². The number of nitrogens with one attached hydrogen (secondary N) is 1. The summed E-state index contributed by atoms with van der Waals surface area (Å²) in [6.45, 7) is 3.65. The number of nitrogens with zero attached hydrogens (tertiary/aromatic N) is 1. The van der Waals surface area contributed by atoms with E-state index < -0.39 is 0 Å². The Labute approximate surface area is 120 Å². The molecule has 3 heteroatoms. The SMILES string of the molecule is OC(CNc1ccc2ccccc2c1)CN1CCCC1. The summed E-state index contributed by atoms with van der Waals surface area (Å²) in [6, 6.07) is 14.7. The molecule has 2 aromatic carbocycles. The van der Waals surface area contributed by atoms with Gasteiger partial charge in [-0.15, -0.1) is 0 Å². The van der Waals surface area contributed by atoms with Crippen molar-refractivity contribution in [1.82, 2.24) is 4.90 Å². The number of aliphatic hydroxyl groups is 1. The molecule has 0 saturated carbocycles. The third kappa shape index (κ3) is 3.30. The average molecular weight is 270 g/mol. The lowest BCUT2D eigenvalue weighted by Crippen LogP contribution is -2.34. The van der Waals surface area contributed by atoms with Crippen LogP contribution in [0, 0.1) is 0 Å². The lowest BCUT2D eigenvalue weighted by Gasteiger charge is -2.20. The van der Waals surface area contributed by atoms with E-state index in [1.54, 1.807) is 0 Å². The highest BCUT2D eigenvalue weighted by Crippen LogP contribution is 2.18. The van der Waals surface area contributed by atoms with Crippen molar-refractivity contribution < 1.29 is 5.11 Å². The Morgan fingerprint density at radius 3 is 2.60 bits per heavy atom. The molecule has 0 spiro atoms. The summed E-state index contributed by atoms with van der Waals surface area (Å²) in [7, 11) is 0. The van der Waals surface area contributed by atoms with E-state index in [-0.39, 0.29) is 6.10 Å². The zero-order valence-corrected chi connectivity index (χ0v) is 11.8. The van der Waals surface area contributed by atoms with E-state index in [9.17, 15) is 5.11 Å². The van der Waals surface area contributed by atoms with Crippen molar-refractivity contribution in [2.75, 3.05) is 31.5 Å². The monoisotopic (exact) mass is 270 g/mol. The van der Waals surface area contributed by atoms with Crippen molar-refractivity contribution in [1.29, 1.82) is 0 Å². The molecule has 1 atom stereocenters. The van der Waals surface area contributed by atoms with Crippen LogP contribution in [0.15, 0.2) is 42.5 Å². The van der Waals surface area contributed by atoms with Crippen molar-refractivity contribution in [3.8, 4) is 0 Å². The minimum atomic E-state index is -0.306. The van der Waals surface area contributed by atoms with Crippen molar-refractivity contribution in [2.45, 2.75) is 18.9 Å². The van der Waals surface area contributed by atoms with E-state index in [1.807, 2.05) is 6.07 Å². The molecule has 1 aliphatic heterocycles. The van der Waals surface area contributed by atoms with Gasteiger partial charge in [0.05, 0.1) is 6.10 Å². The number of hydrogen-bond acceptors (Lipinski definition) is 3. The lowest BCUT2D eigenvalue weighted by atomic mass is 10.1. The van der Waals surface area contributed by atoms with Gasteiger partial charge in [0.2, 0.25) is 0 Å². The molecular weight excluding hydrogens is 248 g/mol. The number of likely N-dealkylation sites (tertiary alicyclic amines) is 1. The van der Waals surface area contributed by atoms with Gasteiger partial charge in [-0.3, -0.25) is 0 Å². The zero-order valence-electron chi connectivity index (χ0n) is 11.8. The zero-order chi connectivity index (χ0) is 13.8. The average Bonchev–Trinajstić information content (AvgIpc) is 2.98. The molecule has 1 heterocycles. The van der Waals surface area contributed by atoms with E-state index >= 15 is 0 Å². The molecule has 20 heavy (non-hydrogen) atoms. The summed E-state index contributed by atoms with van der Waals surface area (Å²) in [5.41, 5.74) is 1.07. The predicted molar refractivity (Wildman–Crippen MR) is 84.1 cm³/mol. The Kier molecular flexibility index (Phi) is 4.19. The molecule has 3 rings (SSSR count). The number of rotatable bonds is 5. The first-order valence-corrected chi connectivity index (χ1v) is 7.44. The van der Waals surface area contributed by atoms with Gasteiger partial charge >= 0.3 is 0 Å². The van der Waals surface area contributed by atoms with Crippen LogP contribution in [0.3, 0.4) is 0 Å². The third-order valence-corrected chi connectivity index (χ3v) is 3.96. The topological polar surface area (TPSA) is 35.5 Å². The molecule has 0 aromatic heterocycles. The maximum atomic E-state index is 10.1. The fourth-order valence-electron chi connectivity index (χ4n) is 2.86. The van der Waals surface area contributed by atoms with Crippen LogP contribution in [-0.4, -0.2) is 42.3 Å². The summed E-state index contributed by atoms with van der Waals surface area (Å²) in [5.74, 6) is 0. The number of hydrogen-bond donors (Lipinski definition) is 2. The Balaban J connectivity index is 1.56. The highest BCUT2D eigenvalue weighted by atomic mass is 16.3. The Morgan fingerprint density at radius 1 is 1.05 bits per heavy atom. The van der Waals surface area contributed by atoms with Crippen molar-refractivity contribution in [2.24, 2.45) is 0 Å². The number of β-amino-alcohol motifs (C(OH)–C–C–N with tert-alkyl or cyclic N) is 1. The molecule has 1 fully saturated rings. The van der Waals surface area contributed by atoms with E-state index in [0.29, 0.717) is 6.54 Å². The number of benzene rings is 2. The van der Waals surface area contributed by atoms with Gasteiger partial charge in [0, 0.05) is 18.8 Å². The molecule has 0 bridgehead atoms. The van der Waals surface area contributed by atoms with Gasteiger partial charge in [-0.05, 0) is 48.8 Å². The normalized spacial score (nSPS) is 17.4. The van der Waals surface area contributed by atoms with E-state index in [1.165, 1.54) is 23.6 Å². The fourth-order valence-corrected chi connectivity index (χ4v) is 2.86. The van der Waals surface area contributed by atoms with Gasteiger partial charge in [0.15, 0.2) is 0 Å². The number of anilines is 1. The van der Waals surface area contributed by atoms with Crippen LogP contribution in [-0.2, 0) is 0 Å². The summed E-state index contributed by atoms with van der Waals surface area (Å²) >= 11 is 0. The molecule has 3 nitrogen and oxygen atoms in total. The second-order valence-corrected chi connectivity index (χ2v) is 5.60. The highest BCUT2D eigenvalue weighted by molar-refractivity contribution is 5.85. The van der Waals surface area contributed by atoms with E-state index in [0.717, 1.165) is 25.3 Å². The molecular formula is C17H22N2O. The van der Waals surface area contributed by atoms with Gasteiger partial charge < -0.3 is 15.3 Å². The van der Waals surface area contributed by atoms with E-state index in [4.69, 9.17) is 0 Å². The van der Waals surface area contributed by atoms with Crippen LogP contribution in [0.1, 0.15) is 12.8 Å². The lowest BCUT2D eigenvalue weighted by molar-refractivity contribution is 0.135. The van der Waals surface area contributed by atoms with Gasteiger partial charge in [0.25, 0.3) is 0 Å². The third-order valence-electron chi connectivity index (χ3n) is 3.96. The standard InChI is InChI=1S/C17H22N2O/c20-17(13-19-9-3-4-10-19)12-18-16-8-7-14-5-1-2-6-15(14)11-16/h1-2,5-8,11,17-18,20H,3-4,9-10,12-13H2. The largest absolute Gasteiger partial charge is 0.390 e. The van der Waals surface area contributed by atoms with Crippen LogP contribution >= 0.6 is 0 Å². The van der Waals surface area contributed by atoms with Gasteiger partial charge in [-0.1, -0.05) is 30.3 Å². The molecule has 0 radical (unpaired) electrons. The summed E-state index contributed by atoms with van der Waals surface area (Å²) in [6.07, 6.45) is 2.23. The van der Waals surface area contributed by atoms with Crippen molar-refractivity contribution >= 4 is 16.5 Å². The number of aliphatic hydroxyl groups excluding tert-OH is 1. The van der Waals surface area contributed by atoms with Crippen LogP contribution in [0.5, 0.6) is 0 Å². The second kappa shape index (κ2) is 6.25. The summed E-state index contributed by atoms with van der Waals surface area (Å²) in [4.78, 5) is 2.34. The Hall–Kier alpha value is -1.58. The quantitative estimate of drug-likeness (QED) is 0.877. The van der Waals surface area contributed by atoms with Gasteiger partial charge in [-0.25, -0.2) is 0 Å². The first-order valence-electron chi connectivity index (χ1n) is 7.44. The summed E-state index contributed by atoms with van der Waals surface area (Å²) < 4.78 is 0. The van der Waals surface area contributed by atoms with Crippen LogP contribution < -0.4 is 5.32 Å². The predicted octanol–water partition coefficient (Wildman–Crippen LogP) is 2.71. The first kappa shape index (κ1) is 13.4. The molecule has 1 aliphatic rings. The minimum absolute atomic E-state index is 0.306. The minimum Gasteiger partial charge on any atom is -0.390 e. The molecule has 1 saturated heterocycles. The molecule has 1 unspecified atom stereocenters. The maximum absolute atomic E-state index is 10.1. The molecule has 0 amide bonds. The number of fused-ring (bicyclic) bond motifs is 1. The molecule has 0 aliphatic carbocycles. The van der Waals surface area contributed by atoms with Crippen LogP contribution in [0.4, 0.5) is 5.69 Å². The smallest absolute Gasteiger partial charge is 0.0839 e. The summed E-state index contributed by atoms with van der Waals surface area (Å²) in [5, 5.41) is 15.9.